The summed E-state index contributed by atoms with van der Waals surface area (Å²) in [6.07, 6.45) is 3.46. The van der Waals surface area contributed by atoms with Crippen LogP contribution in [0.5, 0.6) is 0 Å². The van der Waals surface area contributed by atoms with Crippen LogP contribution in [-0.2, 0) is 4.79 Å². The first kappa shape index (κ1) is 26.2. The van der Waals surface area contributed by atoms with Crippen LogP contribution in [-0.4, -0.2) is 42.9 Å². The molecule has 4 rings (SSSR count). The Morgan fingerprint density at radius 3 is 2.40 bits per heavy atom. The maximum atomic E-state index is 13.1. The molecule has 1 aliphatic heterocycles. The molecule has 0 unspecified atom stereocenters. The highest BCUT2D eigenvalue weighted by molar-refractivity contribution is 14.1. The minimum atomic E-state index is -0.222. The fraction of sp³-hybridized carbons (Fsp3) is 0.154. The predicted molar refractivity (Wildman–Crippen MR) is 158 cm³/mol. The van der Waals surface area contributed by atoms with E-state index in [2.05, 4.69) is 64.7 Å². The van der Waals surface area contributed by atoms with Crippen LogP contribution in [0.1, 0.15) is 15.9 Å². The predicted octanol–water partition coefficient (Wildman–Crippen LogP) is 7.08. The summed E-state index contributed by atoms with van der Waals surface area (Å²) in [7, 11) is 0. The molecular weight excluding hydrogens is 708 g/mol. The van der Waals surface area contributed by atoms with Crippen molar-refractivity contribution in [1.82, 2.24) is 4.90 Å². The molecule has 35 heavy (non-hydrogen) atoms. The molecule has 1 N–H and O–H groups in total. The van der Waals surface area contributed by atoms with Crippen molar-refractivity contribution in [2.45, 2.75) is 0 Å². The number of nitrogens with one attached hydrogen (secondary N) is 1. The van der Waals surface area contributed by atoms with Crippen LogP contribution in [0, 0.1) is 3.57 Å². The van der Waals surface area contributed by atoms with E-state index >= 15 is 0 Å². The summed E-state index contributed by atoms with van der Waals surface area (Å²) in [6.45, 7) is 2.47. The van der Waals surface area contributed by atoms with Gasteiger partial charge in [0.2, 0.25) is 5.91 Å². The fourth-order valence-corrected chi connectivity index (χ4v) is 5.75. The first-order valence-corrected chi connectivity index (χ1v) is 13.9. The van der Waals surface area contributed by atoms with Crippen molar-refractivity contribution in [3.05, 3.63) is 95.4 Å². The number of anilines is 2. The number of benzene rings is 3. The average molecular weight is 730 g/mol. The van der Waals surface area contributed by atoms with Gasteiger partial charge in [-0.2, -0.15) is 0 Å². The number of rotatable bonds is 5. The van der Waals surface area contributed by atoms with E-state index in [-0.39, 0.29) is 11.8 Å². The van der Waals surface area contributed by atoms with E-state index in [1.54, 1.807) is 18.2 Å². The maximum absolute atomic E-state index is 13.1. The van der Waals surface area contributed by atoms with Crippen LogP contribution in [0.4, 0.5) is 11.4 Å². The third-order valence-corrected chi connectivity index (χ3v) is 8.82. The Hall–Kier alpha value is -1.88. The van der Waals surface area contributed by atoms with E-state index in [4.69, 9.17) is 11.6 Å². The highest BCUT2D eigenvalue weighted by Gasteiger charge is 2.23. The number of carbonyl (C=O) groups excluding carboxylic acids is 2. The molecule has 1 heterocycles. The first-order chi connectivity index (χ1) is 16.8. The number of hydrogen-bond acceptors (Lipinski definition) is 3. The van der Waals surface area contributed by atoms with Gasteiger partial charge in [0.1, 0.15) is 0 Å². The van der Waals surface area contributed by atoms with Crippen molar-refractivity contribution in [2.75, 3.05) is 36.4 Å². The molecule has 3 aromatic carbocycles. The van der Waals surface area contributed by atoms with Crippen molar-refractivity contribution in [3.8, 4) is 0 Å². The SMILES string of the molecule is O=C(Nc1cc(Cl)ccc1N1CCN(C(=O)/C=C/c2ccccc2)CC1)c1cc(Br)cc(Br)c1I. The standard InChI is InChI=1S/C26H21Br2ClIN3O2/c27-18-14-20(25(30)21(28)15-18)26(35)31-22-16-19(29)7-8-23(22)32-10-12-33(13-11-32)24(34)9-6-17-4-2-1-3-5-17/h1-9,14-16H,10-13H2,(H,31,35)/b9-6+. The Morgan fingerprint density at radius 2 is 1.69 bits per heavy atom. The van der Waals surface area contributed by atoms with Gasteiger partial charge in [-0.15, -0.1) is 0 Å². The molecule has 2 amide bonds. The third kappa shape index (κ3) is 6.67. The summed E-state index contributed by atoms with van der Waals surface area (Å²) in [5.74, 6) is -0.229. The minimum Gasteiger partial charge on any atom is -0.366 e. The average Bonchev–Trinajstić information content (AvgIpc) is 2.85. The van der Waals surface area contributed by atoms with E-state index in [1.807, 2.05) is 59.5 Å². The van der Waals surface area contributed by atoms with Crippen LogP contribution in [0.3, 0.4) is 0 Å². The summed E-state index contributed by atoms with van der Waals surface area (Å²) in [5.41, 5.74) is 3.06. The molecule has 0 spiro atoms. The molecule has 5 nitrogen and oxygen atoms in total. The van der Waals surface area contributed by atoms with Crippen molar-refractivity contribution in [3.63, 3.8) is 0 Å². The van der Waals surface area contributed by atoms with Crippen LogP contribution in [0.2, 0.25) is 5.02 Å². The molecule has 0 atom stereocenters. The van der Waals surface area contributed by atoms with Gasteiger partial charge in [0.15, 0.2) is 0 Å². The summed E-state index contributed by atoms with van der Waals surface area (Å²) in [5, 5.41) is 3.57. The minimum absolute atomic E-state index is 0.00654. The second kappa shape index (κ2) is 11.9. The monoisotopic (exact) mass is 727 g/mol. The summed E-state index contributed by atoms with van der Waals surface area (Å²) >= 11 is 15.4. The molecule has 9 heteroatoms. The lowest BCUT2D eigenvalue weighted by atomic mass is 10.1. The zero-order valence-electron chi connectivity index (χ0n) is 18.5. The molecule has 0 bridgehead atoms. The van der Waals surface area contributed by atoms with E-state index in [9.17, 15) is 9.59 Å². The molecule has 0 saturated carbocycles. The molecule has 0 aliphatic carbocycles. The molecule has 1 saturated heterocycles. The van der Waals surface area contributed by atoms with Gasteiger partial charge in [-0.3, -0.25) is 9.59 Å². The highest BCUT2D eigenvalue weighted by Crippen LogP contribution is 2.32. The second-order valence-electron chi connectivity index (χ2n) is 7.92. The Kier molecular flexibility index (Phi) is 8.91. The van der Waals surface area contributed by atoms with E-state index in [0.717, 1.165) is 23.8 Å². The van der Waals surface area contributed by atoms with Gasteiger partial charge in [-0.05, 0) is 80.5 Å². The smallest absolute Gasteiger partial charge is 0.256 e. The molecule has 0 aromatic heterocycles. The van der Waals surface area contributed by atoms with Gasteiger partial charge in [0.25, 0.3) is 5.91 Å². The van der Waals surface area contributed by atoms with Crippen molar-refractivity contribution in [2.24, 2.45) is 0 Å². The van der Waals surface area contributed by atoms with Crippen LogP contribution in [0.25, 0.3) is 6.08 Å². The number of halogens is 4. The van der Waals surface area contributed by atoms with Crippen LogP contribution < -0.4 is 10.2 Å². The first-order valence-electron chi connectivity index (χ1n) is 10.8. The molecule has 1 aliphatic rings. The highest BCUT2D eigenvalue weighted by atomic mass is 127. The molecule has 3 aromatic rings. The van der Waals surface area contributed by atoms with Gasteiger partial charge >= 0.3 is 0 Å². The number of piperazine rings is 1. The van der Waals surface area contributed by atoms with Crippen LogP contribution >= 0.6 is 66.1 Å². The summed E-state index contributed by atoms with van der Waals surface area (Å²) < 4.78 is 2.47. The maximum Gasteiger partial charge on any atom is 0.256 e. The molecular formula is C26H21Br2ClIN3O2. The van der Waals surface area contributed by atoms with Gasteiger partial charge < -0.3 is 15.1 Å². The number of carbonyl (C=O) groups is 2. The van der Waals surface area contributed by atoms with E-state index in [0.29, 0.717) is 42.5 Å². The van der Waals surface area contributed by atoms with Gasteiger partial charge in [-0.1, -0.05) is 57.9 Å². The molecule has 1 fully saturated rings. The zero-order chi connectivity index (χ0) is 24.9. The van der Waals surface area contributed by atoms with Gasteiger partial charge in [0.05, 0.1) is 16.9 Å². The van der Waals surface area contributed by atoms with Gasteiger partial charge in [-0.25, -0.2) is 0 Å². The van der Waals surface area contributed by atoms with Crippen molar-refractivity contribution in [1.29, 1.82) is 0 Å². The van der Waals surface area contributed by atoms with Crippen molar-refractivity contribution < 1.29 is 9.59 Å². The second-order valence-corrected chi connectivity index (χ2v) is 11.2. The fourth-order valence-electron chi connectivity index (χ4n) is 3.80. The van der Waals surface area contributed by atoms with Gasteiger partial charge in [0, 0.05) is 49.8 Å². The Balaban J connectivity index is 1.46. The largest absolute Gasteiger partial charge is 0.366 e. The quantitative estimate of drug-likeness (QED) is 0.174. The number of hydrogen-bond donors (Lipinski definition) is 1. The lowest BCUT2D eigenvalue weighted by Gasteiger charge is -2.36. The Bertz CT molecular complexity index is 1280. The summed E-state index contributed by atoms with van der Waals surface area (Å²) in [4.78, 5) is 29.8. The third-order valence-electron chi connectivity index (χ3n) is 5.59. The summed E-state index contributed by atoms with van der Waals surface area (Å²) in [6, 6.07) is 18.9. The van der Waals surface area contributed by atoms with E-state index < -0.39 is 0 Å². The number of amides is 2. The van der Waals surface area contributed by atoms with Crippen LogP contribution in [0.15, 0.2) is 75.7 Å². The zero-order valence-corrected chi connectivity index (χ0v) is 24.6. The van der Waals surface area contributed by atoms with E-state index in [1.165, 1.54) is 0 Å². The Labute approximate surface area is 239 Å². The lowest BCUT2D eigenvalue weighted by Crippen LogP contribution is -2.48. The Morgan fingerprint density at radius 1 is 0.971 bits per heavy atom. The normalized spacial score (nSPS) is 13.8. The topological polar surface area (TPSA) is 52.7 Å². The number of nitrogens with zero attached hydrogens (tertiary/aromatic N) is 2. The lowest BCUT2D eigenvalue weighted by molar-refractivity contribution is -0.126. The molecule has 180 valence electrons. The van der Waals surface area contributed by atoms with Crippen molar-refractivity contribution >= 4 is 95.3 Å². The molecule has 0 radical (unpaired) electrons.